The molecule has 0 amide bonds. The van der Waals surface area contributed by atoms with Crippen LogP contribution in [0.1, 0.15) is 20.3 Å². The van der Waals surface area contributed by atoms with Crippen molar-refractivity contribution in [1.82, 2.24) is 0 Å². The topological polar surface area (TPSA) is 86.5 Å². The van der Waals surface area contributed by atoms with Gasteiger partial charge in [0, 0.05) is 10.8 Å². The zero-order chi connectivity index (χ0) is 17.9. The molecular formula is C18H23NO4S. The van der Waals surface area contributed by atoms with Gasteiger partial charge in [-0.15, -0.1) is 0 Å². The minimum Gasteiger partial charge on any atom is -0.496 e. The highest BCUT2D eigenvalue weighted by molar-refractivity contribution is 7.92. The van der Waals surface area contributed by atoms with Crippen molar-refractivity contribution in [2.45, 2.75) is 31.2 Å². The van der Waals surface area contributed by atoms with Crippen molar-refractivity contribution in [3.8, 4) is 5.75 Å². The molecule has 6 heteroatoms. The maximum absolute atomic E-state index is 12.7. The number of sulfone groups is 1. The molecule has 2 aromatic rings. The van der Waals surface area contributed by atoms with Crippen LogP contribution < -0.4 is 10.5 Å². The van der Waals surface area contributed by atoms with Crippen LogP contribution >= 0.6 is 0 Å². The molecule has 0 saturated carbocycles. The number of ether oxygens (including phenoxy) is 1. The predicted octanol–water partition coefficient (Wildman–Crippen LogP) is 2.56. The number of fused-ring (bicyclic) bond motifs is 1. The molecule has 1 atom stereocenters. The molecule has 0 aliphatic rings. The van der Waals surface area contributed by atoms with Gasteiger partial charge in [-0.05, 0) is 24.5 Å². The quantitative estimate of drug-likeness (QED) is 0.830. The van der Waals surface area contributed by atoms with E-state index in [0.29, 0.717) is 22.9 Å². The van der Waals surface area contributed by atoms with E-state index in [9.17, 15) is 13.2 Å². The third-order valence-electron chi connectivity index (χ3n) is 3.87. The fraction of sp³-hybridized carbons (Fsp3) is 0.389. The molecule has 0 aliphatic carbocycles. The molecule has 0 spiro atoms. The van der Waals surface area contributed by atoms with Gasteiger partial charge in [0.25, 0.3) is 0 Å². The summed E-state index contributed by atoms with van der Waals surface area (Å²) in [5, 5.41) is 1.24. The molecule has 0 fully saturated rings. The Hall–Kier alpha value is -1.92. The Bertz CT molecular complexity index is 843. The van der Waals surface area contributed by atoms with Gasteiger partial charge in [-0.25, -0.2) is 8.42 Å². The molecule has 0 radical (unpaired) electrons. The Morgan fingerprint density at radius 3 is 2.33 bits per heavy atom. The first kappa shape index (κ1) is 18.4. The number of nitrogens with two attached hydrogens (primary N) is 1. The third-order valence-corrected chi connectivity index (χ3v) is 5.56. The first-order valence-electron chi connectivity index (χ1n) is 7.83. The van der Waals surface area contributed by atoms with Gasteiger partial charge < -0.3 is 10.5 Å². The molecule has 0 aromatic heterocycles. The Morgan fingerprint density at radius 1 is 1.12 bits per heavy atom. The summed E-state index contributed by atoms with van der Waals surface area (Å²) >= 11 is 0. The lowest BCUT2D eigenvalue weighted by molar-refractivity contribution is -0.118. The Kier molecular flexibility index (Phi) is 5.62. The number of methoxy groups -OCH3 is 1. The highest BCUT2D eigenvalue weighted by Crippen LogP contribution is 2.31. The molecule has 0 bridgehead atoms. The number of carbonyl (C=O) groups is 1. The van der Waals surface area contributed by atoms with Crippen molar-refractivity contribution < 1.29 is 17.9 Å². The van der Waals surface area contributed by atoms with Crippen LogP contribution in [0.25, 0.3) is 10.8 Å². The fourth-order valence-corrected chi connectivity index (χ4v) is 4.24. The number of benzene rings is 2. The van der Waals surface area contributed by atoms with Gasteiger partial charge in [0.2, 0.25) is 0 Å². The van der Waals surface area contributed by atoms with Gasteiger partial charge in [0.15, 0.2) is 15.6 Å². The Balaban J connectivity index is 2.40. The van der Waals surface area contributed by atoms with Crippen LogP contribution in [0.4, 0.5) is 0 Å². The largest absolute Gasteiger partial charge is 0.496 e. The van der Waals surface area contributed by atoms with Gasteiger partial charge in [0.1, 0.15) is 11.5 Å². The van der Waals surface area contributed by atoms with E-state index in [-0.39, 0.29) is 10.8 Å². The van der Waals surface area contributed by atoms with Crippen LogP contribution in [0, 0.1) is 5.92 Å². The van der Waals surface area contributed by atoms with E-state index in [2.05, 4.69) is 0 Å². The molecule has 130 valence electrons. The van der Waals surface area contributed by atoms with E-state index < -0.39 is 27.4 Å². The molecular weight excluding hydrogens is 326 g/mol. The number of Topliss-reactive ketones (excluding diaryl/α,β-unsaturated/α-hetero) is 1. The van der Waals surface area contributed by atoms with E-state index in [1.54, 1.807) is 24.3 Å². The van der Waals surface area contributed by atoms with Crippen LogP contribution in [0.5, 0.6) is 5.75 Å². The van der Waals surface area contributed by atoms with Crippen molar-refractivity contribution in [2.75, 3.05) is 12.9 Å². The number of carbonyl (C=O) groups excluding carboxylic acids is 1. The van der Waals surface area contributed by atoms with E-state index >= 15 is 0 Å². The summed E-state index contributed by atoms with van der Waals surface area (Å²) in [7, 11) is -2.24. The fourth-order valence-electron chi connectivity index (χ4n) is 2.70. The number of ketones is 1. The second kappa shape index (κ2) is 7.32. The summed E-state index contributed by atoms with van der Waals surface area (Å²) < 4.78 is 30.7. The molecule has 0 unspecified atom stereocenters. The van der Waals surface area contributed by atoms with Gasteiger partial charge in [-0.3, -0.25) is 4.79 Å². The lowest BCUT2D eigenvalue weighted by Gasteiger charge is -2.14. The average Bonchev–Trinajstić information content (AvgIpc) is 2.52. The van der Waals surface area contributed by atoms with E-state index in [1.807, 2.05) is 19.9 Å². The molecule has 2 rings (SSSR count). The summed E-state index contributed by atoms with van der Waals surface area (Å²) in [5.74, 6) is -0.221. The lowest BCUT2D eigenvalue weighted by Crippen LogP contribution is -2.36. The van der Waals surface area contributed by atoms with Crippen molar-refractivity contribution in [3.05, 3.63) is 36.4 Å². The van der Waals surface area contributed by atoms with Crippen molar-refractivity contribution in [2.24, 2.45) is 11.7 Å². The normalized spacial score (nSPS) is 13.2. The minimum atomic E-state index is -3.78. The van der Waals surface area contributed by atoms with Crippen LogP contribution in [-0.4, -0.2) is 33.1 Å². The van der Waals surface area contributed by atoms with Crippen LogP contribution in [0.3, 0.4) is 0 Å². The summed E-state index contributed by atoms with van der Waals surface area (Å²) in [5.41, 5.74) is 5.83. The number of rotatable bonds is 7. The zero-order valence-electron chi connectivity index (χ0n) is 14.2. The van der Waals surface area contributed by atoms with Crippen molar-refractivity contribution in [1.29, 1.82) is 0 Å². The maximum Gasteiger partial charge on any atom is 0.186 e. The Labute approximate surface area is 142 Å². The number of hydrogen-bond donors (Lipinski definition) is 1. The second-order valence-electron chi connectivity index (χ2n) is 6.27. The predicted molar refractivity (Wildman–Crippen MR) is 95.0 cm³/mol. The molecule has 24 heavy (non-hydrogen) atoms. The van der Waals surface area contributed by atoms with Gasteiger partial charge in [0.05, 0.1) is 18.0 Å². The van der Waals surface area contributed by atoms with Crippen LogP contribution in [0.15, 0.2) is 41.3 Å². The maximum atomic E-state index is 12.7. The molecule has 0 heterocycles. The van der Waals surface area contributed by atoms with E-state index in [0.717, 1.165) is 0 Å². The molecule has 2 aromatic carbocycles. The molecule has 5 nitrogen and oxygen atoms in total. The average molecular weight is 349 g/mol. The summed E-state index contributed by atoms with van der Waals surface area (Å²) in [6.07, 6.45) is 0.470. The first-order valence-corrected chi connectivity index (χ1v) is 9.48. The van der Waals surface area contributed by atoms with Gasteiger partial charge in [-0.1, -0.05) is 38.1 Å². The second-order valence-corrected chi connectivity index (χ2v) is 8.23. The zero-order valence-corrected chi connectivity index (χ0v) is 15.0. The van der Waals surface area contributed by atoms with E-state index in [4.69, 9.17) is 10.5 Å². The monoisotopic (exact) mass is 349 g/mol. The first-order chi connectivity index (χ1) is 11.3. The molecule has 0 saturated heterocycles. The van der Waals surface area contributed by atoms with Crippen LogP contribution in [-0.2, 0) is 14.6 Å². The van der Waals surface area contributed by atoms with Gasteiger partial charge in [-0.2, -0.15) is 0 Å². The summed E-state index contributed by atoms with van der Waals surface area (Å²) in [6.45, 7) is 3.89. The highest BCUT2D eigenvalue weighted by atomic mass is 32.2. The van der Waals surface area contributed by atoms with Gasteiger partial charge >= 0.3 is 0 Å². The third kappa shape index (κ3) is 3.94. The Morgan fingerprint density at radius 2 is 1.75 bits per heavy atom. The smallest absolute Gasteiger partial charge is 0.186 e. The van der Waals surface area contributed by atoms with Crippen molar-refractivity contribution >= 4 is 26.4 Å². The number of hydrogen-bond acceptors (Lipinski definition) is 5. The summed E-state index contributed by atoms with van der Waals surface area (Å²) in [4.78, 5) is 12.3. The highest BCUT2D eigenvalue weighted by Gasteiger charge is 2.26. The van der Waals surface area contributed by atoms with E-state index in [1.165, 1.54) is 13.2 Å². The SMILES string of the molecule is COc1ccc(S(=O)(=O)CC(=O)[C@@H](N)CC(C)C)c2ccccc12. The molecule has 2 N–H and O–H groups in total. The van der Waals surface area contributed by atoms with Crippen molar-refractivity contribution in [3.63, 3.8) is 0 Å². The lowest BCUT2D eigenvalue weighted by atomic mass is 10.0. The molecule has 0 aliphatic heterocycles. The van der Waals surface area contributed by atoms with Crippen LogP contribution in [0.2, 0.25) is 0 Å². The standard InChI is InChI=1S/C18H23NO4S/c1-12(2)10-15(19)16(20)11-24(21,22)18-9-8-17(23-3)13-6-4-5-7-14(13)18/h4-9,12,15H,10-11,19H2,1-3H3/t15-/m0/s1. The summed E-state index contributed by atoms with van der Waals surface area (Å²) in [6, 6.07) is 9.40. The minimum absolute atomic E-state index is 0.129.